The zero-order chi connectivity index (χ0) is 19.2. The molecule has 7 nitrogen and oxygen atoms in total. The molecule has 0 bridgehead atoms. The lowest BCUT2D eigenvalue weighted by atomic mass is 10.1. The maximum atomic E-state index is 11.9. The van der Waals surface area contributed by atoms with Gasteiger partial charge in [0.15, 0.2) is 0 Å². The van der Waals surface area contributed by atoms with Gasteiger partial charge in [-0.15, -0.1) is 0 Å². The van der Waals surface area contributed by atoms with Crippen LogP contribution in [0.1, 0.15) is 34.6 Å². The van der Waals surface area contributed by atoms with Crippen molar-refractivity contribution in [1.29, 1.82) is 0 Å². The number of carbonyl (C=O) groups is 1. The molecule has 2 aromatic heterocycles. The lowest BCUT2D eigenvalue weighted by molar-refractivity contribution is 0.0524. The number of halogens is 1. The summed E-state index contributed by atoms with van der Waals surface area (Å²) >= 11 is 6.00. The van der Waals surface area contributed by atoms with Crippen LogP contribution in [0.4, 0.5) is 5.95 Å². The van der Waals surface area contributed by atoms with Crippen molar-refractivity contribution in [3.63, 3.8) is 0 Å². The maximum absolute atomic E-state index is 11.9. The number of hydrogen-bond acceptors (Lipinski definition) is 6. The van der Waals surface area contributed by atoms with Gasteiger partial charge in [0.1, 0.15) is 0 Å². The molecular weight excluding hydrogens is 366 g/mol. The molecule has 0 radical (unpaired) electrons. The van der Waals surface area contributed by atoms with Gasteiger partial charge in [-0.25, -0.2) is 19.7 Å². The van der Waals surface area contributed by atoms with Crippen molar-refractivity contribution in [1.82, 2.24) is 19.5 Å². The van der Waals surface area contributed by atoms with Crippen LogP contribution in [-0.2, 0) is 4.74 Å². The van der Waals surface area contributed by atoms with Crippen LogP contribution in [0.5, 0.6) is 0 Å². The van der Waals surface area contributed by atoms with Crippen LogP contribution in [0.2, 0.25) is 5.02 Å². The Labute approximate surface area is 162 Å². The highest BCUT2D eigenvalue weighted by molar-refractivity contribution is 6.30. The number of benzene rings is 1. The second-order valence-electron chi connectivity index (χ2n) is 5.87. The summed E-state index contributed by atoms with van der Waals surface area (Å²) in [5.74, 6) is 0.0265. The summed E-state index contributed by atoms with van der Waals surface area (Å²) in [7, 11) is 0. The lowest BCUT2D eigenvalue weighted by Crippen LogP contribution is -2.20. The predicted molar refractivity (Wildman–Crippen MR) is 103 cm³/mol. The van der Waals surface area contributed by atoms with E-state index in [0.717, 1.165) is 5.56 Å². The summed E-state index contributed by atoms with van der Waals surface area (Å²) in [4.78, 5) is 24.6. The van der Waals surface area contributed by atoms with Crippen molar-refractivity contribution in [3.8, 4) is 0 Å². The number of aryl methyl sites for hydroxylation is 1. The second-order valence-corrected chi connectivity index (χ2v) is 6.31. The van der Waals surface area contributed by atoms with E-state index in [0.29, 0.717) is 35.4 Å². The minimum atomic E-state index is -0.418. The van der Waals surface area contributed by atoms with Gasteiger partial charge in [-0.1, -0.05) is 23.7 Å². The minimum absolute atomic E-state index is 0.0154. The molecule has 8 heteroatoms. The number of aromatic nitrogens is 4. The first kappa shape index (κ1) is 18.8. The first-order chi connectivity index (χ1) is 13.1. The molecule has 27 heavy (non-hydrogen) atoms. The van der Waals surface area contributed by atoms with Crippen LogP contribution in [0.25, 0.3) is 0 Å². The van der Waals surface area contributed by atoms with E-state index >= 15 is 0 Å². The highest BCUT2D eigenvalue weighted by Crippen LogP contribution is 2.21. The molecule has 0 amide bonds. The summed E-state index contributed by atoms with van der Waals surface area (Å²) < 4.78 is 7.00. The molecule has 3 aromatic rings. The number of carbonyl (C=O) groups excluding carboxylic acids is 1. The van der Waals surface area contributed by atoms with Gasteiger partial charge in [-0.3, -0.25) is 0 Å². The smallest absolute Gasteiger partial charge is 0.341 e. The third-order valence-electron chi connectivity index (χ3n) is 4.07. The highest BCUT2D eigenvalue weighted by atomic mass is 35.5. The average molecular weight is 386 g/mol. The molecule has 1 atom stereocenters. The molecule has 0 spiro atoms. The highest BCUT2D eigenvalue weighted by Gasteiger charge is 2.16. The van der Waals surface area contributed by atoms with E-state index in [9.17, 15) is 4.79 Å². The summed E-state index contributed by atoms with van der Waals surface area (Å²) in [5.41, 5.74) is 2.01. The van der Waals surface area contributed by atoms with E-state index in [1.807, 2.05) is 35.0 Å². The molecule has 1 N–H and O–H groups in total. The number of imidazole rings is 1. The van der Waals surface area contributed by atoms with Crippen molar-refractivity contribution in [2.45, 2.75) is 19.9 Å². The quantitative estimate of drug-likeness (QED) is 0.627. The largest absolute Gasteiger partial charge is 0.462 e. The zero-order valence-electron chi connectivity index (χ0n) is 15.1. The van der Waals surface area contributed by atoms with E-state index in [2.05, 4.69) is 20.3 Å². The van der Waals surface area contributed by atoms with E-state index in [1.54, 1.807) is 26.4 Å². The van der Waals surface area contributed by atoms with Crippen molar-refractivity contribution >= 4 is 23.5 Å². The van der Waals surface area contributed by atoms with E-state index < -0.39 is 5.97 Å². The summed E-state index contributed by atoms with van der Waals surface area (Å²) in [6.07, 6.45) is 6.88. The SMILES string of the molecule is CCOC(=O)c1cnc(NC[C@H](c2ccc(Cl)cc2)n2ccnc2)nc1C. The van der Waals surface area contributed by atoms with Crippen LogP contribution < -0.4 is 5.32 Å². The second kappa shape index (κ2) is 8.64. The van der Waals surface area contributed by atoms with Crippen LogP contribution >= 0.6 is 11.6 Å². The zero-order valence-corrected chi connectivity index (χ0v) is 15.8. The first-order valence-electron chi connectivity index (χ1n) is 8.56. The molecule has 0 unspecified atom stereocenters. The molecule has 2 heterocycles. The fourth-order valence-electron chi connectivity index (χ4n) is 2.68. The Morgan fingerprint density at radius 2 is 2.11 bits per heavy atom. The Morgan fingerprint density at radius 1 is 1.33 bits per heavy atom. The van der Waals surface area contributed by atoms with Crippen molar-refractivity contribution in [3.05, 3.63) is 71.0 Å². The van der Waals surface area contributed by atoms with Gasteiger partial charge in [0.2, 0.25) is 5.95 Å². The van der Waals surface area contributed by atoms with Crippen LogP contribution in [0, 0.1) is 6.92 Å². The molecule has 0 aliphatic carbocycles. The third kappa shape index (κ3) is 4.62. The Hall–Kier alpha value is -2.93. The molecule has 3 rings (SSSR count). The van der Waals surface area contributed by atoms with Crippen molar-refractivity contribution in [2.24, 2.45) is 0 Å². The van der Waals surface area contributed by atoms with Crippen LogP contribution in [0.15, 0.2) is 49.2 Å². The Balaban J connectivity index is 1.77. The topological polar surface area (TPSA) is 81.9 Å². The van der Waals surface area contributed by atoms with E-state index in [4.69, 9.17) is 16.3 Å². The minimum Gasteiger partial charge on any atom is -0.462 e. The number of hydrogen-bond donors (Lipinski definition) is 1. The monoisotopic (exact) mass is 385 g/mol. The third-order valence-corrected chi connectivity index (χ3v) is 4.32. The van der Waals surface area contributed by atoms with Gasteiger partial charge in [-0.2, -0.15) is 0 Å². The van der Waals surface area contributed by atoms with Gasteiger partial charge >= 0.3 is 5.97 Å². The summed E-state index contributed by atoms with van der Waals surface area (Å²) in [5, 5.41) is 3.91. The number of ether oxygens (including phenoxy) is 1. The van der Waals surface area contributed by atoms with Crippen LogP contribution in [-0.4, -0.2) is 38.6 Å². The molecule has 0 saturated heterocycles. The van der Waals surface area contributed by atoms with Gasteiger partial charge < -0.3 is 14.6 Å². The molecule has 0 aliphatic heterocycles. The van der Waals surface area contributed by atoms with Gasteiger partial charge in [-0.05, 0) is 31.5 Å². The normalized spacial score (nSPS) is 11.8. The van der Waals surface area contributed by atoms with Crippen molar-refractivity contribution < 1.29 is 9.53 Å². The molecule has 0 fully saturated rings. The fourth-order valence-corrected chi connectivity index (χ4v) is 2.81. The Kier molecular flexibility index (Phi) is 6.03. The number of rotatable bonds is 7. The molecule has 0 saturated carbocycles. The van der Waals surface area contributed by atoms with Gasteiger partial charge in [0.05, 0.1) is 30.2 Å². The predicted octanol–water partition coefficient (Wildman–Crippen LogP) is 3.51. The molecule has 140 valence electrons. The van der Waals surface area contributed by atoms with E-state index in [1.165, 1.54) is 6.20 Å². The van der Waals surface area contributed by atoms with Gasteiger partial charge in [0, 0.05) is 30.2 Å². The van der Waals surface area contributed by atoms with Gasteiger partial charge in [0.25, 0.3) is 0 Å². The Morgan fingerprint density at radius 3 is 2.74 bits per heavy atom. The maximum Gasteiger partial charge on any atom is 0.341 e. The van der Waals surface area contributed by atoms with E-state index in [-0.39, 0.29) is 6.04 Å². The summed E-state index contributed by atoms with van der Waals surface area (Å²) in [6, 6.07) is 7.65. The first-order valence-corrected chi connectivity index (χ1v) is 8.93. The molecule has 1 aromatic carbocycles. The standard InChI is InChI=1S/C19H20ClN5O2/c1-3-27-18(26)16-10-22-19(24-13(16)2)23-11-17(25-9-8-21-12-25)14-4-6-15(20)7-5-14/h4-10,12,17H,3,11H2,1-2H3,(H,22,23,24)/t17-/m1/s1. The molecule has 0 aliphatic rings. The van der Waals surface area contributed by atoms with Crippen LogP contribution in [0.3, 0.4) is 0 Å². The average Bonchev–Trinajstić information content (AvgIpc) is 3.18. The summed E-state index contributed by atoms with van der Waals surface area (Å²) in [6.45, 7) is 4.37. The number of nitrogens with zero attached hydrogens (tertiary/aromatic N) is 4. The fraction of sp³-hybridized carbons (Fsp3) is 0.263. The Bertz CT molecular complexity index is 897. The number of nitrogens with one attached hydrogen (secondary N) is 1. The lowest BCUT2D eigenvalue weighted by Gasteiger charge is -2.20. The molecular formula is C19H20ClN5O2. The van der Waals surface area contributed by atoms with Crippen molar-refractivity contribution in [2.75, 3.05) is 18.5 Å². The number of anilines is 1. The number of esters is 1.